The van der Waals surface area contributed by atoms with Crippen molar-refractivity contribution in [3.63, 3.8) is 0 Å². The van der Waals surface area contributed by atoms with Gasteiger partial charge in [0.05, 0.1) is 11.8 Å². The molecule has 0 spiro atoms. The van der Waals surface area contributed by atoms with Gasteiger partial charge in [-0.3, -0.25) is 14.5 Å². The molecule has 1 aliphatic heterocycles. The summed E-state index contributed by atoms with van der Waals surface area (Å²) < 4.78 is 0. The van der Waals surface area contributed by atoms with Crippen LogP contribution in [0.4, 0.5) is 0 Å². The van der Waals surface area contributed by atoms with Gasteiger partial charge in [0.25, 0.3) is 0 Å². The number of hydrogen-bond acceptors (Lipinski definition) is 2. The fourth-order valence-electron chi connectivity index (χ4n) is 4.57. The summed E-state index contributed by atoms with van der Waals surface area (Å²) in [7, 11) is 0. The summed E-state index contributed by atoms with van der Waals surface area (Å²) in [6, 6.07) is 0. The van der Waals surface area contributed by atoms with E-state index in [0.717, 1.165) is 25.7 Å². The molecule has 0 radical (unpaired) electrons. The third kappa shape index (κ3) is 1.72. The first-order valence-corrected chi connectivity index (χ1v) is 7.97. The van der Waals surface area contributed by atoms with Crippen molar-refractivity contribution < 1.29 is 9.59 Å². The van der Waals surface area contributed by atoms with Gasteiger partial charge in [-0.15, -0.1) is 0 Å². The van der Waals surface area contributed by atoms with Crippen molar-refractivity contribution in [2.45, 2.75) is 38.5 Å². The molecule has 2 bridgehead atoms. The molecule has 1 saturated heterocycles. The Labute approximate surface area is 119 Å². The highest BCUT2D eigenvalue weighted by atomic mass is 16.2. The average Bonchev–Trinajstić information content (AvgIpc) is 3.13. The zero-order valence-electron chi connectivity index (χ0n) is 11.8. The first-order valence-electron chi connectivity index (χ1n) is 7.97. The highest BCUT2D eigenvalue weighted by Crippen LogP contribution is 2.52. The minimum atomic E-state index is -0.0298. The van der Waals surface area contributed by atoms with E-state index in [2.05, 4.69) is 18.2 Å². The number of imide groups is 1. The van der Waals surface area contributed by atoms with E-state index in [1.165, 1.54) is 18.4 Å². The largest absolute Gasteiger partial charge is 0.282 e. The topological polar surface area (TPSA) is 37.4 Å². The Kier molecular flexibility index (Phi) is 2.83. The quantitative estimate of drug-likeness (QED) is 0.584. The molecular weight excluding hydrogens is 250 g/mol. The minimum absolute atomic E-state index is 0.0298. The lowest BCUT2D eigenvalue weighted by atomic mass is 9.85. The highest BCUT2D eigenvalue weighted by Gasteiger charge is 2.58. The van der Waals surface area contributed by atoms with Crippen molar-refractivity contribution in [2.24, 2.45) is 23.7 Å². The summed E-state index contributed by atoms with van der Waals surface area (Å²) in [5, 5.41) is 0. The molecule has 106 valence electrons. The second-order valence-corrected chi connectivity index (χ2v) is 6.69. The Bertz CT molecular complexity index is 489. The van der Waals surface area contributed by atoms with E-state index in [1.54, 1.807) is 4.90 Å². The van der Waals surface area contributed by atoms with Crippen LogP contribution >= 0.6 is 0 Å². The van der Waals surface area contributed by atoms with Crippen LogP contribution in [0.1, 0.15) is 38.5 Å². The molecule has 0 unspecified atom stereocenters. The van der Waals surface area contributed by atoms with Gasteiger partial charge in [-0.05, 0) is 50.4 Å². The summed E-state index contributed by atoms with van der Waals surface area (Å²) in [4.78, 5) is 26.6. The van der Waals surface area contributed by atoms with Gasteiger partial charge >= 0.3 is 0 Å². The zero-order valence-corrected chi connectivity index (χ0v) is 11.8. The van der Waals surface area contributed by atoms with E-state index in [1.807, 2.05) is 0 Å². The number of carbonyl (C=O) groups is 2. The van der Waals surface area contributed by atoms with Gasteiger partial charge in [0.15, 0.2) is 0 Å². The van der Waals surface area contributed by atoms with Crippen LogP contribution in [0.25, 0.3) is 0 Å². The fourth-order valence-corrected chi connectivity index (χ4v) is 4.57. The number of rotatable bonds is 3. The van der Waals surface area contributed by atoms with Crippen molar-refractivity contribution in [1.29, 1.82) is 0 Å². The molecule has 3 heteroatoms. The van der Waals surface area contributed by atoms with E-state index in [-0.39, 0.29) is 23.7 Å². The van der Waals surface area contributed by atoms with Crippen molar-refractivity contribution >= 4 is 11.8 Å². The van der Waals surface area contributed by atoms with Crippen LogP contribution in [-0.4, -0.2) is 23.3 Å². The first-order chi connectivity index (χ1) is 9.75. The van der Waals surface area contributed by atoms with Crippen LogP contribution in [-0.2, 0) is 9.59 Å². The smallest absolute Gasteiger partial charge is 0.233 e. The van der Waals surface area contributed by atoms with Crippen molar-refractivity contribution in [3.8, 4) is 0 Å². The van der Waals surface area contributed by atoms with Gasteiger partial charge in [0.1, 0.15) is 0 Å². The summed E-state index contributed by atoms with van der Waals surface area (Å²) in [5.41, 5.74) is 1.44. The van der Waals surface area contributed by atoms with Gasteiger partial charge in [0.2, 0.25) is 11.8 Å². The van der Waals surface area contributed by atoms with Gasteiger partial charge in [-0.25, -0.2) is 0 Å². The number of nitrogens with zero attached hydrogens (tertiary/aromatic N) is 1. The molecule has 4 atom stereocenters. The van der Waals surface area contributed by atoms with Crippen LogP contribution in [0.3, 0.4) is 0 Å². The predicted molar refractivity (Wildman–Crippen MR) is 75.6 cm³/mol. The Morgan fingerprint density at radius 2 is 1.75 bits per heavy atom. The molecule has 20 heavy (non-hydrogen) atoms. The molecule has 4 aliphatic rings. The molecule has 0 aromatic rings. The molecule has 1 heterocycles. The third-order valence-electron chi connectivity index (χ3n) is 5.60. The lowest BCUT2D eigenvalue weighted by Gasteiger charge is -2.19. The van der Waals surface area contributed by atoms with E-state index in [4.69, 9.17) is 0 Å². The summed E-state index contributed by atoms with van der Waals surface area (Å²) in [6.45, 7) is 0.607. The van der Waals surface area contributed by atoms with E-state index >= 15 is 0 Å². The van der Waals surface area contributed by atoms with Gasteiger partial charge < -0.3 is 0 Å². The van der Waals surface area contributed by atoms with Crippen molar-refractivity contribution in [2.75, 3.05) is 6.54 Å². The SMILES string of the molecule is O=C1[C@@H]2[C@H](C(=O)N1CCC1=CCCCC1)[C@@H]1C=C[C@@H]2C1. The molecule has 2 fully saturated rings. The Hall–Kier alpha value is -1.38. The zero-order chi connectivity index (χ0) is 13.7. The minimum Gasteiger partial charge on any atom is -0.282 e. The Morgan fingerprint density at radius 3 is 2.35 bits per heavy atom. The molecular formula is C17H21NO2. The molecule has 2 amide bonds. The van der Waals surface area contributed by atoms with Gasteiger partial charge in [-0.1, -0.05) is 23.8 Å². The van der Waals surface area contributed by atoms with E-state index in [0.29, 0.717) is 18.4 Å². The summed E-state index contributed by atoms with van der Waals surface area (Å²) >= 11 is 0. The predicted octanol–water partition coefficient (Wildman–Crippen LogP) is 2.68. The molecule has 4 rings (SSSR count). The maximum absolute atomic E-state index is 12.5. The van der Waals surface area contributed by atoms with E-state index < -0.39 is 0 Å². The number of fused-ring (bicyclic) bond motifs is 5. The maximum Gasteiger partial charge on any atom is 0.233 e. The second-order valence-electron chi connectivity index (χ2n) is 6.69. The molecule has 0 aromatic carbocycles. The molecule has 3 aliphatic carbocycles. The van der Waals surface area contributed by atoms with Crippen LogP contribution in [0.5, 0.6) is 0 Å². The van der Waals surface area contributed by atoms with Crippen LogP contribution in [0.15, 0.2) is 23.8 Å². The molecule has 0 aromatic heterocycles. The fraction of sp³-hybridized carbons (Fsp3) is 0.647. The second kappa shape index (κ2) is 4.57. The summed E-state index contributed by atoms with van der Waals surface area (Å²) in [5.74, 6) is 0.817. The molecule has 1 saturated carbocycles. The third-order valence-corrected chi connectivity index (χ3v) is 5.60. The number of amides is 2. The van der Waals surface area contributed by atoms with Crippen molar-refractivity contribution in [1.82, 2.24) is 4.90 Å². The maximum atomic E-state index is 12.5. The van der Waals surface area contributed by atoms with E-state index in [9.17, 15) is 9.59 Å². The van der Waals surface area contributed by atoms with Gasteiger partial charge in [-0.2, -0.15) is 0 Å². The number of allylic oxidation sites excluding steroid dienone is 3. The lowest BCUT2D eigenvalue weighted by Crippen LogP contribution is -2.34. The number of likely N-dealkylation sites (tertiary alicyclic amines) is 1. The standard InChI is InChI=1S/C17H21NO2/c19-16-14-12-6-7-13(10-12)15(14)17(20)18(16)9-8-11-4-2-1-3-5-11/h4,6-7,12-15H,1-3,5,8-10H2/t12-,13-,14-,15+/m1/s1. The number of hydrogen-bond donors (Lipinski definition) is 0. The van der Waals surface area contributed by atoms with Crippen LogP contribution < -0.4 is 0 Å². The normalized spacial score (nSPS) is 38.6. The lowest BCUT2D eigenvalue weighted by molar-refractivity contribution is -0.140. The monoisotopic (exact) mass is 271 g/mol. The number of carbonyl (C=O) groups excluding carboxylic acids is 2. The Morgan fingerprint density at radius 1 is 1.05 bits per heavy atom. The van der Waals surface area contributed by atoms with Crippen LogP contribution in [0.2, 0.25) is 0 Å². The van der Waals surface area contributed by atoms with Gasteiger partial charge in [0, 0.05) is 6.54 Å². The molecule has 0 N–H and O–H groups in total. The Balaban J connectivity index is 1.46. The highest BCUT2D eigenvalue weighted by molar-refractivity contribution is 6.06. The van der Waals surface area contributed by atoms with Crippen LogP contribution in [0, 0.1) is 23.7 Å². The average molecular weight is 271 g/mol. The van der Waals surface area contributed by atoms with Crippen molar-refractivity contribution in [3.05, 3.63) is 23.8 Å². The first kappa shape index (κ1) is 12.4. The summed E-state index contributed by atoms with van der Waals surface area (Å²) in [6.07, 6.45) is 13.4. The molecule has 3 nitrogen and oxygen atoms in total.